The van der Waals surface area contributed by atoms with Gasteiger partial charge in [0.2, 0.25) is 0 Å². The van der Waals surface area contributed by atoms with Crippen molar-refractivity contribution in [2.24, 2.45) is 5.10 Å². The molecule has 0 radical (unpaired) electrons. The van der Waals surface area contributed by atoms with Gasteiger partial charge in [-0.25, -0.2) is 5.43 Å². The number of rotatable bonds is 4. The third-order valence-corrected chi connectivity index (χ3v) is 2.41. The van der Waals surface area contributed by atoms with Crippen molar-refractivity contribution in [3.05, 3.63) is 77.9 Å². The molecule has 0 aliphatic carbocycles. The smallest absolute Gasteiger partial charge is 0.264 e. The monoisotopic (exact) mass is 250 g/mol. The second kappa shape index (κ2) is 6.91. The van der Waals surface area contributed by atoms with Crippen molar-refractivity contribution in [1.82, 2.24) is 5.43 Å². The standard InChI is InChI=1S/C16H14N2O/c19-16(12-11-14-7-3-1-4-8-14)18-17-13-15-9-5-2-6-10-15/h1-13H,(H,18,19)/b12-11+,17-13?. The fraction of sp³-hybridized carbons (Fsp3) is 0. The van der Waals surface area contributed by atoms with Crippen molar-refractivity contribution in [3.63, 3.8) is 0 Å². The highest BCUT2D eigenvalue weighted by Gasteiger charge is 1.91. The molecule has 3 heteroatoms. The molecule has 0 fully saturated rings. The van der Waals surface area contributed by atoms with Crippen molar-refractivity contribution in [3.8, 4) is 0 Å². The van der Waals surface area contributed by atoms with E-state index >= 15 is 0 Å². The van der Waals surface area contributed by atoms with E-state index in [0.717, 1.165) is 11.1 Å². The van der Waals surface area contributed by atoms with Gasteiger partial charge in [-0.15, -0.1) is 0 Å². The summed E-state index contributed by atoms with van der Waals surface area (Å²) in [4.78, 5) is 11.5. The summed E-state index contributed by atoms with van der Waals surface area (Å²) in [5.41, 5.74) is 4.36. The first-order chi connectivity index (χ1) is 9.34. The molecule has 0 bridgehead atoms. The van der Waals surface area contributed by atoms with Crippen molar-refractivity contribution in [2.75, 3.05) is 0 Å². The molecular weight excluding hydrogens is 236 g/mol. The van der Waals surface area contributed by atoms with Crippen molar-refractivity contribution >= 4 is 18.2 Å². The van der Waals surface area contributed by atoms with Crippen LogP contribution in [0.4, 0.5) is 0 Å². The molecule has 0 unspecified atom stereocenters. The first kappa shape index (κ1) is 12.8. The van der Waals surface area contributed by atoms with Gasteiger partial charge in [0, 0.05) is 6.08 Å². The lowest BCUT2D eigenvalue weighted by atomic mass is 10.2. The van der Waals surface area contributed by atoms with Crippen molar-refractivity contribution in [2.45, 2.75) is 0 Å². The number of benzene rings is 2. The molecule has 94 valence electrons. The zero-order valence-corrected chi connectivity index (χ0v) is 10.4. The Balaban J connectivity index is 1.85. The highest BCUT2D eigenvalue weighted by molar-refractivity contribution is 5.92. The molecule has 19 heavy (non-hydrogen) atoms. The molecule has 0 aliphatic heterocycles. The summed E-state index contributed by atoms with van der Waals surface area (Å²) in [6.07, 6.45) is 4.80. The number of hydrogen-bond donors (Lipinski definition) is 1. The Morgan fingerprint density at radius 1 is 0.895 bits per heavy atom. The SMILES string of the molecule is O=C(/C=C/c1ccccc1)NN=Cc1ccccc1. The van der Waals surface area contributed by atoms with Crippen LogP contribution in [0.15, 0.2) is 71.8 Å². The summed E-state index contributed by atoms with van der Waals surface area (Å²) in [6, 6.07) is 19.2. The molecule has 0 saturated carbocycles. The molecule has 0 aromatic heterocycles. The number of nitrogens with zero attached hydrogens (tertiary/aromatic N) is 1. The lowest BCUT2D eigenvalue weighted by Crippen LogP contribution is -2.14. The average Bonchev–Trinajstić information content (AvgIpc) is 2.47. The van der Waals surface area contributed by atoms with Crippen molar-refractivity contribution < 1.29 is 4.79 Å². The second-order valence-corrected chi connectivity index (χ2v) is 3.89. The summed E-state index contributed by atoms with van der Waals surface area (Å²) in [7, 11) is 0. The minimum absolute atomic E-state index is 0.254. The first-order valence-electron chi connectivity index (χ1n) is 5.96. The van der Waals surface area contributed by atoms with Crippen LogP contribution in [-0.4, -0.2) is 12.1 Å². The fourth-order valence-corrected chi connectivity index (χ4v) is 1.48. The highest BCUT2D eigenvalue weighted by atomic mass is 16.2. The maximum Gasteiger partial charge on any atom is 0.264 e. The average molecular weight is 250 g/mol. The Bertz CT molecular complexity index is 574. The predicted octanol–water partition coefficient (Wildman–Crippen LogP) is 2.85. The van der Waals surface area contributed by atoms with Gasteiger partial charge in [-0.2, -0.15) is 5.10 Å². The predicted molar refractivity (Wildman–Crippen MR) is 77.7 cm³/mol. The van der Waals surface area contributed by atoms with Gasteiger partial charge in [-0.05, 0) is 17.2 Å². The van der Waals surface area contributed by atoms with Crippen LogP contribution in [0, 0.1) is 0 Å². The normalized spacial score (nSPS) is 10.9. The molecule has 2 rings (SSSR count). The molecular formula is C16H14N2O. The molecule has 2 aromatic carbocycles. The second-order valence-electron chi connectivity index (χ2n) is 3.89. The van der Waals surface area contributed by atoms with E-state index in [9.17, 15) is 4.79 Å². The number of amides is 1. The van der Waals surface area contributed by atoms with Crippen molar-refractivity contribution in [1.29, 1.82) is 0 Å². The quantitative estimate of drug-likeness (QED) is 0.506. The van der Waals surface area contributed by atoms with E-state index in [4.69, 9.17) is 0 Å². The van der Waals surface area contributed by atoms with Gasteiger partial charge >= 0.3 is 0 Å². The minimum Gasteiger partial charge on any atom is -0.268 e. The number of hydrazone groups is 1. The van der Waals surface area contributed by atoms with E-state index in [2.05, 4.69) is 10.5 Å². The van der Waals surface area contributed by atoms with Crippen LogP contribution in [0.5, 0.6) is 0 Å². The van der Waals surface area contributed by atoms with Crippen LogP contribution >= 0.6 is 0 Å². The Morgan fingerprint density at radius 2 is 1.47 bits per heavy atom. The van der Waals surface area contributed by atoms with Crippen LogP contribution in [-0.2, 0) is 4.79 Å². The summed E-state index contributed by atoms with van der Waals surface area (Å²) >= 11 is 0. The van der Waals surface area contributed by atoms with E-state index in [1.54, 1.807) is 12.3 Å². The molecule has 0 atom stereocenters. The lowest BCUT2D eigenvalue weighted by molar-refractivity contribution is -0.116. The molecule has 3 nitrogen and oxygen atoms in total. The van der Waals surface area contributed by atoms with E-state index in [1.807, 2.05) is 60.7 Å². The molecule has 0 spiro atoms. The van der Waals surface area contributed by atoms with Crippen LogP contribution in [0.1, 0.15) is 11.1 Å². The van der Waals surface area contributed by atoms with Gasteiger partial charge in [-0.1, -0.05) is 60.7 Å². The van der Waals surface area contributed by atoms with Gasteiger partial charge in [0.15, 0.2) is 0 Å². The number of nitrogens with one attached hydrogen (secondary N) is 1. The third kappa shape index (κ3) is 4.60. The fourth-order valence-electron chi connectivity index (χ4n) is 1.48. The summed E-state index contributed by atoms with van der Waals surface area (Å²) in [6.45, 7) is 0. The van der Waals surface area contributed by atoms with Gasteiger partial charge in [0.1, 0.15) is 0 Å². The van der Waals surface area contributed by atoms with E-state index in [-0.39, 0.29) is 5.91 Å². The van der Waals surface area contributed by atoms with Crippen LogP contribution in [0.25, 0.3) is 6.08 Å². The Kier molecular flexibility index (Phi) is 4.64. The Morgan fingerprint density at radius 3 is 2.11 bits per heavy atom. The number of carbonyl (C=O) groups is 1. The molecule has 0 saturated heterocycles. The maximum absolute atomic E-state index is 11.5. The zero-order chi connectivity index (χ0) is 13.3. The molecule has 0 heterocycles. The van der Waals surface area contributed by atoms with Gasteiger partial charge in [0.05, 0.1) is 6.21 Å². The highest BCUT2D eigenvalue weighted by Crippen LogP contribution is 2.00. The summed E-state index contributed by atoms with van der Waals surface area (Å²) < 4.78 is 0. The Hall–Kier alpha value is -2.68. The number of carbonyl (C=O) groups excluding carboxylic acids is 1. The number of hydrogen-bond acceptors (Lipinski definition) is 2. The third-order valence-electron chi connectivity index (χ3n) is 2.41. The van der Waals surface area contributed by atoms with E-state index < -0.39 is 0 Å². The van der Waals surface area contributed by atoms with Crippen LogP contribution in [0.2, 0.25) is 0 Å². The minimum atomic E-state index is -0.254. The van der Waals surface area contributed by atoms with E-state index in [1.165, 1.54) is 6.08 Å². The van der Waals surface area contributed by atoms with Crippen LogP contribution < -0.4 is 5.43 Å². The van der Waals surface area contributed by atoms with Crippen LogP contribution in [0.3, 0.4) is 0 Å². The first-order valence-corrected chi connectivity index (χ1v) is 5.96. The summed E-state index contributed by atoms with van der Waals surface area (Å²) in [5, 5.41) is 3.88. The van der Waals surface area contributed by atoms with Gasteiger partial charge in [-0.3, -0.25) is 4.79 Å². The molecule has 0 aliphatic rings. The van der Waals surface area contributed by atoms with E-state index in [0.29, 0.717) is 0 Å². The topological polar surface area (TPSA) is 41.5 Å². The maximum atomic E-state index is 11.5. The summed E-state index contributed by atoms with van der Waals surface area (Å²) in [5.74, 6) is -0.254. The lowest BCUT2D eigenvalue weighted by Gasteiger charge is -1.94. The zero-order valence-electron chi connectivity index (χ0n) is 10.4. The molecule has 1 amide bonds. The largest absolute Gasteiger partial charge is 0.268 e. The molecule has 1 N–H and O–H groups in total. The van der Waals surface area contributed by atoms with Gasteiger partial charge in [0.25, 0.3) is 5.91 Å². The van der Waals surface area contributed by atoms with Gasteiger partial charge < -0.3 is 0 Å². The molecule has 2 aromatic rings. The Labute approximate surface area is 112 Å².